The Morgan fingerprint density at radius 2 is 0.920 bits per heavy atom. The molecule has 5 aliphatic rings. The van der Waals surface area contributed by atoms with Crippen LogP contribution >= 0.6 is 0 Å². The van der Waals surface area contributed by atoms with Crippen molar-refractivity contribution in [2.45, 2.75) is 142 Å². The average molecular weight is 1720 g/mol. The van der Waals surface area contributed by atoms with Crippen molar-refractivity contribution < 1.29 is 514 Å². The molecule has 13 N–H and O–H groups in total. The van der Waals surface area contributed by atoms with Gasteiger partial charge in [-0.2, -0.15) is 16.2 Å². The Kier molecular flexibility index (Phi) is 76.0. The molecule has 9 unspecified atom stereocenters. The number of hydrogen-bond donors (Lipinski definition) is 13. The van der Waals surface area contributed by atoms with Gasteiger partial charge in [0.25, 0.3) is 0 Å². The van der Waals surface area contributed by atoms with Crippen molar-refractivity contribution in [3.05, 3.63) is 33.3 Å². The number of aliphatic hydroxyl groups is 6. The molecule has 0 aromatic rings. The summed E-state index contributed by atoms with van der Waals surface area (Å²) in [6, 6.07) is -4.14. The second-order valence-corrected chi connectivity index (χ2v) is 24.6. The summed E-state index contributed by atoms with van der Waals surface area (Å²) in [6.07, 6.45) is -39.1. The van der Waals surface area contributed by atoms with Gasteiger partial charge in [0.15, 0.2) is 45.6 Å². The third-order valence-electron chi connectivity index (χ3n) is 10.0. The zero-order valence-corrected chi connectivity index (χ0v) is 79.8. The van der Waals surface area contributed by atoms with Crippen molar-refractivity contribution in [2.24, 2.45) is 0 Å². The van der Waals surface area contributed by atoms with Gasteiger partial charge in [-0.1, -0.05) is 25.2 Å². The first-order valence-electron chi connectivity index (χ1n) is 22.0. The van der Waals surface area contributed by atoms with E-state index in [1.165, 1.54) is 16.4 Å². The van der Waals surface area contributed by atoms with E-state index in [1.807, 2.05) is 0 Å². The fourth-order valence-corrected chi connectivity index (χ4v) is 8.98. The van der Waals surface area contributed by atoms with Crippen LogP contribution in [0.15, 0.2) is 0 Å². The van der Waals surface area contributed by atoms with Crippen LogP contribution in [-0.4, -0.2) is 302 Å². The first-order valence-corrected chi connectivity index (χ1v) is 33.0. The second kappa shape index (κ2) is 58.1. The molecular weight excluding hydrogens is 1670 g/mol. The van der Waals surface area contributed by atoms with Crippen molar-refractivity contribution in [3.8, 4) is 0 Å². The first kappa shape index (κ1) is 131. The fourth-order valence-electron chi connectivity index (χ4n) is 7.09. The van der Waals surface area contributed by atoms with E-state index >= 15 is 0 Å². The zero-order valence-electron chi connectivity index (χ0n) is 53.3. The zero-order chi connectivity index (χ0) is 71.0. The molecule has 536 valence electrons. The standard InChI is InChI=1S/C30H47N2O31S4.CO2.H3NO3S.10Na.3H2O4S/c1-8-4-12(33)22(15(55-8)7-54-66(47,48)49)60-30-24(63-67(50,51)52)21(38)23(25(62-30)26(39)40)61-27-11(31-64(41,42)43)5-13(9(2)56-27)58-29-20(37)18(35)14(6-53-29)59-28-16(32-65(44,45)46)19(36)17(34)10(3)57-28;2-1-3;1-5(2,3)4;;;;;;;;;;;3*1-5(2,3)4/h4-6,8-25,27-38H,2-3,7H2,1H3,(H,39,40)(H,41,42,43)(H,44,45,46)(H,47,48,49)(H,50,51,52);;(H3,1,2,3,4);;;;;;;;;;;3*(H2,1,2,3,4)/q-5;;;10*+1;;;/p-9/t8-,9?,10?,11?,12-,13+,14-,15?,16?,17-,18+,19-,20?,21+,22+,23+,24?,25?,27-,28+,29+,30-;;;;;;;;;;;;;;;/m1.............../s1. The second-order valence-electron chi connectivity index (χ2n) is 16.8. The molecule has 51 nitrogen and oxygen atoms in total. The number of carbonyl (C=O) groups excluding carboxylic acids is 3. The van der Waals surface area contributed by atoms with Crippen LogP contribution in [0.3, 0.4) is 0 Å². The molecule has 5 aliphatic heterocycles. The van der Waals surface area contributed by atoms with Crippen LogP contribution in [0, 0.1) is 38.1 Å². The van der Waals surface area contributed by atoms with Crippen molar-refractivity contribution in [1.29, 1.82) is 4.78 Å². The van der Waals surface area contributed by atoms with E-state index in [0.29, 0.717) is 6.61 Å². The number of carboxylic acid groups (broad SMARTS) is 1. The van der Waals surface area contributed by atoms with Gasteiger partial charge in [-0.05, 0) is 24.4 Å². The minimum atomic E-state index is -5.95. The van der Waals surface area contributed by atoms with Gasteiger partial charge in [0.1, 0.15) is 42.9 Å². The largest absolute Gasteiger partial charge is 1.00 e. The number of aliphatic carboxylic acids is 1. The molecule has 0 saturated carbocycles. The molecule has 5 rings (SSSR count). The fraction of sp³-hybridized carbons (Fsp3) is 0.774. The average Bonchev–Trinajstić information content (AvgIpc) is 0.778. The van der Waals surface area contributed by atoms with Crippen LogP contribution in [-0.2, 0) is 148 Å². The van der Waals surface area contributed by atoms with Gasteiger partial charge in [0.05, 0.1) is 47.2 Å². The Hall–Kier alpha value is 7.21. The molecule has 0 spiro atoms. The number of hydrogen-bond acceptors (Lipinski definition) is 45. The molecule has 0 aliphatic carbocycles. The molecular formula is C31H47N3Na10O48S8-4. The molecule has 69 heteroatoms. The Bertz CT molecular complexity index is 3140. The van der Waals surface area contributed by atoms with E-state index in [-0.39, 0.29) is 302 Å². The number of nitrogens with one attached hydrogen (secondary N) is 3. The van der Waals surface area contributed by atoms with Crippen molar-refractivity contribution in [3.63, 3.8) is 0 Å². The van der Waals surface area contributed by atoms with Gasteiger partial charge >= 0.3 is 302 Å². The number of rotatable bonds is 18. The van der Waals surface area contributed by atoms with E-state index in [2.05, 4.69) is 22.2 Å². The van der Waals surface area contributed by atoms with Gasteiger partial charge in [-0.3, -0.25) is 34.9 Å². The van der Waals surface area contributed by atoms with Gasteiger partial charge in [0.2, 0.25) is 52.0 Å². The third-order valence-corrected chi connectivity index (χ3v) is 12.0. The summed E-state index contributed by atoms with van der Waals surface area (Å²) < 4.78 is 328. The van der Waals surface area contributed by atoms with E-state index in [1.54, 1.807) is 0 Å². The summed E-state index contributed by atoms with van der Waals surface area (Å²) in [5.74, 6) is -2.31. The van der Waals surface area contributed by atoms with E-state index in [4.69, 9.17) is 123 Å². The summed E-state index contributed by atoms with van der Waals surface area (Å²) in [7, 11) is -41.5. The number of carbonyl (C=O) groups is 1. The van der Waals surface area contributed by atoms with E-state index in [0.717, 1.165) is 12.8 Å². The summed E-state index contributed by atoms with van der Waals surface area (Å²) in [6.45, 7) is 7.77. The van der Waals surface area contributed by atoms with Gasteiger partial charge in [0, 0.05) is 0 Å². The minimum absolute atomic E-state index is 0. The van der Waals surface area contributed by atoms with Crippen LogP contribution in [0.1, 0.15) is 6.92 Å². The molecule has 5 heterocycles. The van der Waals surface area contributed by atoms with Crippen LogP contribution in [0.5, 0.6) is 0 Å². The topological polar surface area (TPSA) is 867 Å². The smallest absolute Gasteiger partial charge is 0.743 e. The van der Waals surface area contributed by atoms with Gasteiger partial charge in [-0.25, -0.2) is 77.4 Å². The van der Waals surface area contributed by atoms with Crippen molar-refractivity contribution in [2.75, 3.05) is 6.61 Å². The number of aliphatic hydroxyl groups excluding tert-OH is 6. The summed E-state index contributed by atoms with van der Waals surface area (Å²) in [4.78, 5) is 28.7. The predicted octanol–water partition coefficient (Wildman–Crippen LogP) is -44.7. The number of ether oxygens (including phenoxy) is 9. The Morgan fingerprint density at radius 1 is 0.520 bits per heavy atom. The van der Waals surface area contributed by atoms with Crippen molar-refractivity contribution >= 4 is 95.0 Å². The van der Waals surface area contributed by atoms with Gasteiger partial charge < -0.3 is 138 Å². The molecule has 100 heavy (non-hydrogen) atoms. The van der Waals surface area contributed by atoms with Crippen LogP contribution in [0.2, 0.25) is 0 Å². The monoisotopic (exact) mass is 1710 g/mol. The first-order chi connectivity index (χ1) is 40.1. The molecule has 0 radical (unpaired) electrons. The molecule has 5 saturated heterocycles. The van der Waals surface area contributed by atoms with Crippen LogP contribution in [0.4, 0.5) is 0 Å². The SMILES string of the molecule is N=S(=O)([O-])O.O=C=O.O=S(=O)([O-])O.O=S(=O)([O-])O.O=S(=O)([O-])O.[CH2-]C1O[C@H](O[C@@H]2C(C(=O)[O-])O[C@@H](O[C@@H]3C(COS(=O)(=O)[O-])O[C@H](C)[CH-][C@H]3O)C(OS(=O)(=O)[O-])[C@H]2O)C(NS(=O)(=O)[O-])[CH-][C@@H]1O[C@@H]1O[CH-][C@@H](O[C@@H]2OC([CH2-])[C@@H](O)[C@H](O)C2NS(=O)(=O)[O-])[C@H](O)C1O.[Na+].[Na+].[Na+].[Na+].[Na+].[Na+].[Na+].[Na+].[Na+].[Na+]. The molecule has 5 fully saturated rings. The Balaban J connectivity index is -0.000000231. The maximum absolute atomic E-state index is 12.4. The summed E-state index contributed by atoms with van der Waals surface area (Å²) in [5, 5.41) is 76.6. The molecule has 0 amide bonds. The Morgan fingerprint density at radius 3 is 1.31 bits per heavy atom. The van der Waals surface area contributed by atoms with E-state index in [9.17, 15) is 92.4 Å². The molecule has 0 bridgehead atoms. The maximum atomic E-state index is 12.4. The summed E-state index contributed by atoms with van der Waals surface area (Å²) >= 11 is 0. The molecule has 0 aromatic carbocycles. The maximum Gasteiger partial charge on any atom is 1.00 e. The number of carboxylic acids is 1. The molecule has 0 aromatic heterocycles. The minimum Gasteiger partial charge on any atom is -0.743 e. The van der Waals surface area contributed by atoms with Gasteiger partial charge in [-0.15, -0.1) is 0 Å². The predicted molar refractivity (Wildman–Crippen MR) is 249 cm³/mol. The van der Waals surface area contributed by atoms with Crippen LogP contribution in [0.25, 0.3) is 0 Å². The normalized spacial score (nSPS) is 32.3. The quantitative estimate of drug-likeness (QED) is 0.0262. The third kappa shape index (κ3) is 60.7. The van der Waals surface area contributed by atoms with Crippen molar-refractivity contribution in [1.82, 2.24) is 9.44 Å². The Labute approximate surface area is 791 Å². The molecule has 23 atom stereocenters. The van der Waals surface area contributed by atoms with E-state index < -0.39 is 230 Å². The summed E-state index contributed by atoms with van der Waals surface area (Å²) in [5.41, 5.74) is 0. The van der Waals surface area contributed by atoms with Crippen LogP contribution < -0.4 is 310 Å².